The first kappa shape index (κ1) is 8.50. The van der Waals surface area contributed by atoms with Crippen LogP contribution in [0.1, 0.15) is 5.56 Å². The highest BCUT2D eigenvalue weighted by atomic mass is 35.5. The Morgan fingerprint density at radius 3 is 2.36 bits per heavy atom. The normalized spacial score (nSPS) is 15.9. The zero-order chi connectivity index (χ0) is 8.32. The van der Waals surface area contributed by atoms with E-state index in [0.29, 0.717) is 0 Å². The summed E-state index contributed by atoms with van der Waals surface area (Å²) in [4.78, 5) is 0. The van der Waals surface area contributed by atoms with Gasteiger partial charge in [0.2, 0.25) is 5.13 Å². The first-order valence-corrected chi connectivity index (χ1v) is 3.59. The summed E-state index contributed by atoms with van der Waals surface area (Å²) in [6, 6.07) is 8.16. The molecule has 0 aliphatic carbocycles. The SMILES string of the molecule is OC[C@](F)(Cl)c1ccccc1. The summed E-state index contributed by atoms with van der Waals surface area (Å²) in [7, 11) is 0. The van der Waals surface area contributed by atoms with Crippen LogP contribution in [0, 0.1) is 0 Å². The van der Waals surface area contributed by atoms with E-state index >= 15 is 0 Å². The molecular weight excluding hydrogens is 167 g/mol. The standard InChI is InChI=1S/C8H8ClFO/c9-8(10,6-11)7-4-2-1-3-5-7/h1-5,11H,6H2/t8-/m1/s1. The predicted molar refractivity (Wildman–Crippen MR) is 42.2 cm³/mol. The number of aliphatic hydroxyl groups is 1. The molecule has 0 heterocycles. The third-order valence-corrected chi connectivity index (χ3v) is 1.73. The number of hydrogen-bond donors (Lipinski definition) is 1. The van der Waals surface area contributed by atoms with Crippen LogP contribution in [0.15, 0.2) is 30.3 Å². The van der Waals surface area contributed by atoms with Gasteiger partial charge < -0.3 is 5.11 Å². The fraction of sp³-hybridized carbons (Fsp3) is 0.250. The fourth-order valence-corrected chi connectivity index (χ4v) is 0.899. The van der Waals surface area contributed by atoms with Gasteiger partial charge in [-0.2, -0.15) is 0 Å². The molecule has 0 bridgehead atoms. The lowest BCUT2D eigenvalue weighted by Crippen LogP contribution is -2.16. The van der Waals surface area contributed by atoms with Crippen molar-refractivity contribution >= 4 is 11.6 Å². The molecule has 0 radical (unpaired) electrons. The average molecular weight is 175 g/mol. The van der Waals surface area contributed by atoms with Crippen LogP contribution >= 0.6 is 11.6 Å². The summed E-state index contributed by atoms with van der Waals surface area (Å²) in [5.41, 5.74) is 0.282. The predicted octanol–water partition coefficient (Wildman–Crippen LogP) is 2.04. The summed E-state index contributed by atoms with van der Waals surface area (Å²) >= 11 is 5.33. The van der Waals surface area contributed by atoms with Crippen LogP contribution in [0.3, 0.4) is 0 Å². The van der Waals surface area contributed by atoms with Gasteiger partial charge in [0.15, 0.2) is 0 Å². The van der Waals surface area contributed by atoms with E-state index in [9.17, 15) is 4.39 Å². The number of halogens is 2. The smallest absolute Gasteiger partial charge is 0.231 e. The number of aliphatic hydroxyl groups excluding tert-OH is 1. The second-order valence-corrected chi connectivity index (χ2v) is 2.83. The second-order valence-electron chi connectivity index (χ2n) is 2.23. The van der Waals surface area contributed by atoms with Crippen molar-refractivity contribution in [1.29, 1.82) is 0 Å². The molecule has 1 N–H and O–H groups in total. The first-order valence-electron chi connectivity index (χ1n) is 3.21. The summed E-state index contributed by atoms with van der Waals surface area (Å²) < 4.78 is 13.1. The zero-order valence-corrected chi connectivity index (χ0v) is 6.55. The van der Waals surface area contributed by atoms with Crippen LogP contribution in [0.5, 0.6) is 0 Å². The van der Waals surface area contributed by atoms with E-state index in [0.717, 1.165) is 0 Å². The lowest BCUT2D eigenvalue weighted by molar-refractivity contribution is 0.144. The van der Waals surface area contributed by atoms with Crippen LogP contribution < -0.4 is 0 Å². The van der Waals surface area contributed by atoms with Gasteiger partial charge in [0.05, 0.1) is 6.61 Å². The third-order valence-electron chi connectivity index (χ3n) is 1.39. The van der Waals surface area contributed by atoms with Crippen molar-refractivity contribution in [1.82, 2.24) is 0 Å². The Morgan fingerprint density at radius 1 is 1.36 bits per heavy atom. The molecule has 1 atom stereocenters. The van der Waals surface area contributed by atoms with Gasteiger partial charge >= 0.3 is 0 Å². The molecule has 0 aliphatic heterocycles. The Morgan fingerprint density at radius 2 is 1.91 bits per heavy atom. The third kappa shape index (κ3) is 1.91. The quantitative estimate of drug-likeness (QED) is 0.681. The second kappa shape index (κ2) is 3.20. The highest BCUT2D eigenvalue weighted by molar-refractivity contribution is 6.23. The van der Waals surface area contributed by atoms with Gasteiger partial charge in [-0.25, -0.2) is 4.39 Å². The van der Waals surface area contributed by atoms with Crippen molar-refractivity contribution in [2.45, 2.75) is 5.13 Å². The Hall–Kier alpha value is -0.600. The molecule has 0 aliphatic rings. The average Bonchev–Trinajstić information content (AvgIpc) is 2.06. The Labute approximate surface area is 69.4 Å². The number of alkyl halides is 2. The maximum atomic E-state index is 13.1. The molecule has 3 heteroatoms. The van der Waals surface area contributed by atoms with Crippen molar-refractivity contribution in [2.24, 2.45) is 0 Å². The zero-order valence-electron chi connectivity index (χ0n) is 5.80. The largest absolute Gasteiger partial charge is 0.391 e. The maximum absolute atomic E-state index is 13.1. The van der Waals surface area contributed by atoms with Crippen molar-refractivity contribution in [3.05, 3.63) is 35.9 Å². The van der Waals surface area contributed by atoms with E-state index < -0.39 is 11.7 Å². The topological polar surface area (TPSA) is 20.2 Å². The molecule has 0 aromatic heterocycles. The monoisotopic (exact) mass is 174 g/mol. The van der Waals surface area contributed by atoms with E-state index in [1.807, 2.05) is 0 Å². The van der Waals surface area contributed by atoms with E-state index in [2.05, 4.69) is 0 Å². The van der Waals surface area contributed by atoms with Crippen molar-refractivity contribution in [3.63, 3.8) is 0 Å². The molecule has 0 spiro atoms. The van der Waals surface area contributed by atoms with Crippen LogP contribution in [0.2, 0.25) is 0 Å². The number of rotatable bonds is 2. The van der Waals surface area contributed by atoms with Gasteiger partial charge in [0.1, 0.15) is 0 Å². The van der Waals surface area contributed by atoms with Crippen LogP contribution in [-0.4, -0.2) is 11.7 Å². The lowest BCUT2D eigenvalue weighted by Gasteiger charge is -2.14. The molecule has 1 aromatic rings. The summed E-state index contributed by atoms with van der Waals surface area (Å²) in [5, 5.41) is 6.40. The lowest BCUT2D eigenvalue weighted by atomic mass is 10.1. The number of hydrogen-bond acceptors (Lipinski definition) is 1. The Kier molecular flexibility index (Phi) is 2.47. The highest BCUT2D eigenvalue weighted by Crippen LogP contribution is 2.29. The van der Waals surface area contributed by atoms with Gasteiger partial charge in [0.25, 0.3) is 0 Å². The van der Waals surface area contributed by atoms with Gasteiger partial charge in [0, 0.05) is 5.56 Å². The molecule has 0 saturated heterocycles. The Bertz CT molecular complexity index is 223. The van der Waals surface area contributed by atoms with Gasteiger partial charge in [-0.15, -0.1) is 0 Å². The number of benzene rings is 1. The maximum Gasteiger partial charge on any atom is 0.231 e. The van der Waals surface area contributed by atoms with Crippen LogP contribution in [-0.2, 0) is 5.13 Å². The first-order chi connectivity index (χ1) is 5.17. The molecule has 60 valence electrons. The summed E-state index contributed by atoms with van der Waals surface area (Å²) in [6.07, 6.45) is 0. The minimum absolute atomic E-state index is 0.282. The minimum atomic E-state index is -2.14. The van der Waals surface area contributed by atoms with E-state index in [4.69, 9.17) is 16.7 Å². The van der Waals surface area contributed by atoms with Gasteiger partial charge in [-0.05, 0) is 0 Å². The molecule has 1 nitrogen and oxygen atoms in total. The van der Waals surface area contributed by atoms with E-state index in [-0.39, 0.29) is 5.56 Å². The van der Waals surface area contributed by atoms with Crippen molar-refractivity contribution in [2.75, 3.05) is 6.61 Å². The molecular formula is C8H8ClFO. The molecule has 0 unspecified atom stereocenters. The van der Waals surface area contributed by atoms with Gasteiger partial charge in [-0.3, -0.25) is 0 Å². The molecule has 1 rings (SSSR count). The van der Waals surface area contributed by atoms with Crippen molar-refractivity contribution < 1.29 is 9.50 Å². The van der Waals surface area contributed by atoms with Gasteiger partial charge in [-0.1, -0.05) is 41.9 Å². The molecule has 11 heavy (non-hydrogen) atoms. The minimum Gasteiger partial charge on any atom is -0.391 e. The highest BCUT2D eigenvalue weighted by Gasteiger charge is 2.27. The fourth-order valence-electron chi connectivity index (χ4n) is 0.773. The van der Waals surface area contributed by atoms with Crippen LogP contribution in [0.25, 0.3) is 0 Å². The summed E-state index contributed by atoms with van der Waals surface area (Å²) in [5.74, 6) is 0. The molecule has 0 fully saturated rings. The molecule has 0 saturated carbocycles. The van der Waals surface area contributed by atoms with E-state index in [1.54, 1.807) is 18.2 Å². The summed E-state index contributed by atoms with van der Waals surface area (Å²) in [6.45, 7) is -0.710. The molecule has 0 amide bonds. The van der Waals surface area contributed by atoms with Crippen molar-refractivity contribution in [3.8, 4) is 0 Å². The van der Waals surface area contributed by atoms with Crippen LogP contribution in [0.4, 0.5) is 4.39 Å². The molecule has 1 aromatic carbocycles. The van der Waals surface area contributed by atoms with E-state index in [1.165, 1.54) is 12.1 Å². The Balaban J connectivity index is 2.93.